The number of thioether (sulfide) groups is 1. The van der Waals surface area contributed by atoms with Gasteiger partial charge in [0.1, 0.15) is 0 Å². The minimum absolute atomic E-state index is 0.0193. The predicted molar refractivity (Wildman–Crippen MR) is 175 cm³/mol. The van der Waals surface area contributed by atoms with E-state index in [1.165, 1.54) is 43.1 Å². The zero-order chi connectivity index (χ0) is 28.2. The van der Waals surface area contributed by atoms with Crippen molar-refractivity contribution in [2.75, 3.05) is 0 Å². The fraction of sp³-hybridized carbons (Fsp3) is 0. The fourth-order valence-electron chi connectivity index (χ4n) is 4.60. The molecule has 6 rings (SSSR count). The van der Waals surface area contributed by atoms with Crippen molar-refractivity contribution in [3.8, 4) is 20.0 Å². The van der Waals surface area contributed by atoms with E-state index in [-0.39, 0.29) is 19.8 Å². The second-order valence-electron chi connectivity index (χ2n) is 9.57. The summed E-state index contributed by atoms with van der Waals surface area (Å²) in [5.41, 5.74) is 6.72. The van der Waals surface area contributed by atoms with E-state index in [0.29, 0.717) is 0 Å². The molecule has 4 aromatic carbocycles. The van der Waals surface area contributed by atoms with Crippen molar-refractivity contribution in [3.05, 3.63) is 162 Å². The second-order valence-corrected chi connectivity index (χ2v) is 14.5. The van der Waals surface area contributed by atoms with E-state index in [0.717, 1.165) is 21.1 Å². The number of hydrogen-bond acceptors (Lipinski definition) is 2. The molecule has 0 saturated carbocycles. The van der Waals surface area contributed by atoms with Crippen molar-refractivity contribution in [1.82, 2.24) is 0 Å². The van der Waals surface area contributed by atoms with Gasteiger partial charge in [-0.2, -0.15) is 0 Å². The summed E-state index contributed by atoms with van der Waals surface area (Å²) < 4.78 is 14.2. The van der Waals surface area contributed by atoms with Crippen molar-refractivity contribution in [2.45, 2.75) is 0 Å². The Morgan fingerprint density at radius 2 is 1.02 bits per heavy atom. The predicted octanol–water partition coefficient (Wildman–Crippen LogP) is 8.37. The van der Waals surface area contributed by atoms with Gasteiger partial charge in [0.25, 0.3) is 0 Å². The van der Waals surface area contributed by atoms with E-state index >= 15 is 0 Å². The van der Waals surface area contributed by atoms with Gasteiger partial charge in [-0.15, -0.1) is 0 Å². The minimum atomic E-state index is -4.29. The van der Waals surface area contributed by atoms with E-state index < -0.39 is 7.60 Å². The monoisotopic (exact) mass is 637 g/mol. The number of rotatable bonds is 6. The summed E-state index contributed by atoms with van der Waals surface area (Å²) >= 11 is 1.80. The van der Waals surface area contributed by atoms with Gasteiger partial charge in [-0.1, -0.05) is 0 Å². The van der Waals surface area contributed by atoms with E-state index in [4.69, 9.17) is 0 Å². The van der Waals surface area contributed by atoms with Crippen molar-refractivity contribution < 1.29 is 14.4 Å². The Hall–Kier alpha value is -3.53. The number of benzene rings is 4. The third-order valence-electron chi connectivity index (χ3n) is 6.63. The molecule has 41 heavy (non-hydrogen) atoms. The standard InChI is InChI=1S/C35H25O3PSSe/c36-39(37,38)31-18-16-30(17-19-31)35-24-26(23-34(41-35)29-14-8-3-9-15-29)20-25-21-32(27-10-4-1-5-11-27)40-33(22-25)28-12-6-2-7-13-28/h1-24H,(H-,36,37,38)/p+1. The molecule has 1 aliphatic heterocycles. The van der Waals surface area contributed by atoms with Crippen LogP contribution in [0.15, 0.2) is 145 Å². The van der Waals surface area contributed by atoms with Crippen molar-refractivity contribution >= 4 is 55.1 Å². The van der Waals surface area contributed by atoms with E-state index in [2.05, 4.69) is 103 Å². The van der Waals surface area contributed by atoms with Crippen LogP contribution >= 0.6 is 19.4 Å². The third kappa shape index (κ3) is 6.69. The molecule has 3 nitrogen and oxygen atoms in total. The van der Waals surface area contributed by atoms with Gasteiger partial charge in [0.15, 0.2) is 0 Å². The zero-order valence-corrected chi connectivity index (χ0v) is 25.3. The Morgan fingerprint density at radius 3 is 1.49 bits per heavy atom. The molecule has 0 spiro atoms. The molecule has 2 N–H and O–H groups in total. The first-order valence-electron chi connectivity index (χ1n) is 13.1. The van der Waals surface area contributed by atoms with Gasteiger partial charge in [-0.05, 0) is 0 Å². The van der Waals surface area contributed by atoms with Gasteiger partial charge in [-0.3, -0.25) is 0 Å². The normalized spacial score (nSPS) is 13.4. The van der Waals surface area contributed by atoms with Crippen molar-refractivity contribution in [2.24, 2.45) is 0 Å². The molecular weight excluding hydrogens is 610 g/mol. The van der Waals surface area contributed by atoms with Crippen LogP contribution in [0.5, 0.6) is 0 Å². The van der Waals surface area contributed by atoms with E-state index in [9.17, 15) is 14.4 Å². The van der Waals surface area contributed by atoms with Crippen LogP contribution in [0.1, 0.15) is 16.7 Å². The molecular formula is C35H26O3PSSe+. The molecule has 1 aliphatic rings. The van der Waals surface area contributed by atoms with Crippen LogP contribution in [0.25, 0.3) is 35.9 Å². The van der Waals surface area contributed by atoms with Crippen LogP contribution in [-0.2, 0) is 4.57 Å². The average molecular weight is 637 g/mol. The molecule has 0 radical (unpaired) electrons. The molecule has 0 bridgehead atoms. The Bertz CT molecular complexity index is 1770. The molecule has 0 amide bonds. The maximum atomic E-state index is 11.7. The first-order chi connectivity index (χ1) is 19.9. The summed E-state index contributed by atoms with van der Waals surface area (Å²) in [4.78, 5) is 21.6. The van der Waals surface area contributed by atoms with Gasteiger partial charge < -0.3 is 0 Å². The molecule has 0 aliphatic carbocycles. The molecule has 0 saturated heterocycles. The summed E-state index contributed by atoms with van der Waals surface area (Å²) in [5.74, 6) is 0. The van der Waals surface area contributed by atoms with Crippen molar-refractivity contribution in [1.29, 1.82) is 0 Å². The Balaban J connectivity index is 1.48. The summed E-state index contributed by atoms with van der Waals surface area (Å²) in [6.07, 6.45) is 6.73. The van der Waals surface area contributed by atoms with Gasteiger partial charge in [0, 0.05) is 0 Å². The van der Waals surface area contributed by atoms with Crippen LogP contribution in [0, 0.1) is 0 Å². The van der Waals surface area contributed by atoms with Crippen molar-refractivity contribution in [3.63, 3.8) is 0 Å². The van der Waals surface area contributed by atoms with Gasteiger partial charge in [0.2, 0.25) is 0 Å². The molecule has 5 aromatic rings. The van der Waals surface area contributed by atoms with E-state index in [1.54, 1.807) is 11.8 Å². The Morgan fingerprint density at radius 1 is 0.585 bits per heavy atom. The Kier molecular flexibility index (Phi) is 8.18. The average Bonchev–Trinajstić information content (AvgIpc) is 3.02. The number of hydrogen-bond donors (Lipinski definition) is 2. The molecule has 1 aromatic heterocycles. The van der Waals surface area contributed by atoms with Crippen LogP contribution in [0.2, 0.25) is 0 Å². The molecule has 200 valence electrons. The molecule has 6 heteroatoms. The first-order valence-corrected chi connectivity index (χ1v) is 17.2. The second kappa shape index (κ2) is 12.1. The molecule has 0 fully saturated rings. The summed E-state index contributed by atoms with van der Waals surface area (Å²) in [6, 6.07) is 42.5. The third-order valence-corrected chi connectivity index (χ3v) is 11.2. The van der Waals surface area contributed by atoms with Crippen LogP contribution in [0.4, 0.5) is 0 Å². The van der Waals surface area contributed by atoms with Gasteiger partial charge >= 0.3 is 251 Å². The van der Waals surface area contributed by atoms with Crippen LogP contribution in [0.3, 0.4) is 0 Å². The van der Waals surface area contributed by atoms with E-state index in [1.807, 2.05) is 30.3 Å². The fourth-order valence-corrected chi connectivity index (χ4v) is 8.65. The van der Waals surface area contributed by atoms with Gasteiger partial charge in [0.05, 0.1) is 0 Å². The Labute approximate surface area is 250 Å². The molecule has 2 heterocycles. The SMILES string of the molecule is O=P(O)(O)c1ccc(-c2cc(C=C3C=C(c4ccccc4)SC(c4ccccc4)=C3)cc(-c3ccccc3)[se+]2)cc1. The summed E-state index contributed by atoms with van der Waals surface area (Å²) in [5, 5.41) is 0.0344. The van der Waals surface area contributed by atoms with Crippen LogP contribution < -0.4 is 5.30 Å². The molecule has 0 atom stereocenters. The topological polar surface area (TPSA) is 57.5 Å². The van der Waals surface area contributed by atoms with Gasteiger partial charge in [-0.25, -0.2) is 0 Å². The number of allylic oxidation sites excluding steroid dienone is 3. The first kappa shape index (κ1) is 27.6. The summed E-state index contributed by atoms with van der Waals surface area (Å²) in [7, 11) is -4.29. The maximum absolute atomic E-state index is 11.7. The van der Waals surface area contributed by atoms with Crippen LogP contribution in [-0.4, -0.2) is 24.3 Å². The summed E-state index contributed by atoms with van der Waals surface area (Å²) in [6.45, 7) is 0. The molecule has 0 unspecified atom stereocenters. The zero-order valence-electron chi connectivity index (χ0n) is 21.9. The quantitative estimate of drug-likeness (QED) is 0.145.